The molecule has 0 aliphatic carbocycles. The number of nitrogens with zero attached hydrogens (tertiary/aromatic N) is 4. The average molecular weight is 226 g/mol. The molecule has 0 spiro atoms. The van der Waals surface area contributed by atoms with E-state index in [4.69, 9.17) is 5.53 Å². The van der Waals surface area contributed by atoms with Crippen molar-refractivity contribution in [1.29, 1.82) is 0 Å². The van der Waals surface area contributed by atoms with Gasteiger partial charge in [-0.2, -0.15) is 0 Å². The SMILES string of the molecule is CCC(CC)N(CCCN=[N+]=[N-])CC(C)C. The lowest BCUT2D eigenvalue weighted by Crippen LogP contribution is -2.38. The van der Waals surface area contributed by atoms with Crippen LogP contribution in [0.1, 0.15) is 47.0 Å². The smallest absolute Gasteiger partial charge is 0.0270 e. The minimum Gasteiger partial charge on any atom is -0.300 e. The Kier molecular flexibility index (Phi) is 9.06. The van der Waals surface area contributed by atoms with Crippen molar-refractivity contribution in [2.24, 2.45) is 11.0 Å². The standard InChI is InChI=1S/C12H26N4/c1-5-12(6-2)16(10-11(3)4)9-7-8-14-15-13/h11-12H,5-10H2,1-4H3. The van der Waals surface area contributed by atoms with Gasteiger partial charge in [0.1, 0.15) is 0 Å². The second-order valence-electron chi connectivity index (χ2n) is 4.67. The van der Waals surface area contributed by atoms with Crippen LogP contribution < -0.4 is 0 Å². The van der Waals surface area contributed by atoms with Crippen LogP contribution in [0.15, 0.2) is 5.11 Å². The van der Waals surface area contributed by atoms with E-state index in [1.54, 1.807) is 0 Å². The number of hydrogen-bond donors (Lipinski definition) is 0. The summed E-state index contributed by atoms with van der Waals surface area (Å²) in [6.07, 6.45) is 3.36. The summed E-state index contributed by atoms with van der Waals surface area (Å²) >= 11 is 0. The van der Waals surface area contributed by atoms with E-state index in [1.807, 2.05) is 0 Å². The molecule has 0 saturated heterocycles. The minimum absolute atomic E-state index is 0.616. The summed E-state index contributed by atoms with van der Waals surface area (Å²) in [6, 6.07) is 0.675. The Morgan fingerprint density at radius 1 is 1.25 bits per heavy atom. The Bertz CT molecular complexity index is 205. The average Bonchev–Trinajstić information content (AvgIpc) is 2.25. The summed E-state index contributed by atoms with van der Waals surface area (Å²) in [7, 11) is 0. The van der Waals surface area contributed by atoms with Gasteiger partial charge in [0.2, 0.25) is 0 Å². The molecule has 4 nitrogen and oxygen atoms in total. The monoisotopic (exact) mass is 226 g/mol. The zero-order valence-electron chi connectivity index (χ0n) is 11.2. The molecule has 0 unspecified atom stereocenters. The lowest BCUT2D eigenvalue weighted by Gasteiger charge is -2.31. The zero-order chi connectivity index (χ0) is 12.4. The van der Waals surface area contributed by atoms with Gasteiger partial charge in [-0.05, 0) is 37.3 Å². The molecule has 0 fully saturated rings. The molecule has 0 aliphatic heterocycles. The normalized spacial score (nSPS) is 11.2. The van der Waals surface area contributed by atoms with E-state index >= 15 is 0 Å². The van der Waals surface area contributed by atoms with Gasteiger partial charge in [-0.15, -0.1) is 0 Å². The van der Waals surface area contributed by atoms with Crippen molar-refractivity contribution >= 4 is 0 Å². The second kappa shape index (κ2) is 9.49. The van der Waals surface area contributed by atoms with Crippen LogP contribution in [0.4, 0.5) is 0 Å². The molecule has 94 valence electrons. The Morgan fingerprint density at radius 2 is 1.88 bits per heavy atom. The lowest BCUT2D eigenvalue weighted by molar-refractivity contribution is 0.165. The van der Waals surface area contributed by atoms with Crippen LogP contribution in [0.3, 0.4) is 0 Å². The Balaban J connectivity index is 4.12. The summed E-state index contributed by atoms with van der Waals surface area (Å²) in [6.45, 7) is 11.8. The van der Waals surface area contributed by atoms with Crippen LogP contribution in [-0.4, -0.2) is 30.6 Å². The molecular formula is C12H26N4. The van der Waals surface area contributed by atoms with E-state index in [1.165, 1.54) is 12.8 Å². The molecular weight excluding hydrogens is 200 g/mol. The maximum Gasteiger partial charge on any atom is 0.0270 e. The van der Waals surface area contributed by atoms with Gasteiger partial charge < -0.3 is 4.90 Å². The Hall–Kier alpha value is -0.730. The summed E-state index contributed by atoms with van der Waals surface area (Å²) in [4.78, 5) is 5.32. The maximum absolute atomic E-state index is 8.22. The Labute approximate surface area is 99.6 Å². The third-order valence-corrected chi connectivity index (χ3v) is 2.83. The number of azide groups is 1. The fraction of sp³-hybridized carbons (Fsp3) is 1.00. The third-order valence-electron chi connectivity index (χ3n) is 2.83. The molecule has 0 amide bonds. The second-order valence-corrected chi connectivity index (χ2v) is 4.67. The molecule has 0 rings (SSSR count). The highest BCUT2D eigenvalue weighted by Crippen LogP contribution is 2.11. The van der Waals surface area contributed by atoms with E-state index < -0.39 is 0 Å². The van der Waals surface area contributed by atoms with Gasteiger partial charge in [-0.1, -0.05) is 32.8 Å². The summed E-state index contributed by atoms with van der Waals surface area (Å²) in [5.74, 6) is 0.695. The molecule has 0 heterocycles. The van der Waals surface area contributed by atoms with Crippen LogP contribution >= 0.6 is 0 Å². The van der Waals surface area contributed by atoms with Crippen molar-refractivity contribution in [3.8, 4) is 0 Å². The fourth-order valence-corrected chi connectivity index (χ4v) is 2.09. The third kappa shape index (κ3) is 6.70. The van der Waals surface area contributed by atoms with Gasteiger partial charge in [-0.25, -0.2) is 0 Å². The van der Waals surface area contributed by atoms with Gasteiger partial charge in [0.15, 0.2) is 0 Å². The molecule has 4 heteroatoms. The highest BCUT2D eigenvalue weighted by atomic mass is 15.2. The molecule has 0 aromatic carbocycles. The first-order valence-electron chi connectivity index (χ1n) is 6.40. The molecule has 0 aromatic heterocycles. The largest absolute Gasteiger partial charge is 0.300 e. The van der Waals surface area contributed by atoms with Crippen molar-refractivity contribution in [1.82, 2.24) is 4.90 Å². The topological polar surface area (TPSA) is 52.0 Å². The van der Waals surface area contributed by atoms with E-state index in [2.05, 4.69) is 42.6 Å². The molecule has 0 saturated carbocycles. The zero-order valence-corrected chi connectivity index (χ0v) is 11.2. The van der Waals surface area contributed by atoms with E-state index in [-0.39, 0.29) is 0 Å². The molecule has 0 radical (unpaired) electrons. The predicted octanol–water partition coefficient (Wildman–Crippen LogP) is 3.83. The molecule has 0 bridgehead atoms. The van der Waals surface area contributed by atoms with Crippen LogP contribution in [-0.2, 0) is 0 Å². The van der Waals surface area contributed by atoms with Gasteiger partial charge >= 0.3 is 0 Å². The quantitative estimate of drug-likeness (QED) is 0.255. The van der Waals surface area contributed by atoms with E-state index in [0.29, 0.717) is 18.5 Å². The number of rotatable bonds is 9. The van der Waals surface area contributed by atoms with Gasteiger partial charge in [0.05, 0.1) is 0 Å². The van der Waals surface area contributed by atoms with Crippen molar-refractivity contribution in [3.05, 3.63) is 10.4 Å². The Morgan fingerprint density at radius 3 is 2.31 bits per heavy atom. The molecule has 0 atom stereocenters. The minimum atomic E-state index is 0.616. The van der Waals surface area contributed by atoms with Crippen LogP contribution in [0.25, 0.3) is 10.4 Å². The van der Waals surface area contributed by atoms with Crippen molar-refractivity contribution in [3.63, 3.8) is 0 Å². The highest BCUT2D eigenvalue weighted by molar-refractivity contribution is 4.70. The first kappa shape index (κ1) is 15.3. The lowest BCUT2D eigenvalue weighted by atomic mass is 10.1. The molecule has 0 N–H and O–H groups in total. The molecule has 16 heavy (non-hydrogen) atoms. The van der Waals surface area contributed by atoms with E-state index in [0.717, 1.165) is 19.5 Å². The molecule has 0 aromatic rings. The fourth-order valence-electron chi connectivity index (χ4n) is 2.09. The summed E-state index contributed by atoms with van der Waals surface area (Å²) in [5, 5.41) is 3.59. The van der Waals surface area contributed by atoms with Crippen molar-refractivity contribution in [2.45, 2.75) is 53.0 Å². The number of hydrogen-bond acceptors (Lipinski definition) is 2. The van der Waals surface area contributed by atoms with E-state index in [9.17, 15) is 0 Å². The first-order valence-corrected chi connectivity index (χ1v) is 6.40. The van der Waals surface area contributed by atoms with Gasteiger partial charge in [0, 0.05) is 24.0 Å². The van der Waals surface area contributed by atoms with Crippen molar-refractivity contribution < 1.29 is 0 Å². The maximum atomic E-state index is 8.22. The van der Waals surface area contributed by atoms with Gasteiger partial charge in [0.25, 0.3) is 0 Å². The summed E-state index contributed by atoms with van der Waals surface area (Å²) < 4.78 is 0. The van der Waals surface area contributed by atoms with Crippen LogP contribution in [0.5, 0.6) is 0 Å². The first-order chi connectivity index (χ1) is 7.65. The molecule has 0 aliphatic rings. The van der Waals surface area contributed by atoms with Gasteiger partial charge in [-0.3, -0.25) is 0 Å². The van der Waals surface area contributed by atoms with Crippen molar-refractivity contribution in [2.75, 3.05) is 19.6 Å². The van der Waals surface area contributed by atoms with Crippen LogP contribution in [0, 0.1) is 5.92 Å². The summed E-state index contributed by atoms with van der Waals surface area (Å²) in [5.41, 5.74) is 8.22. The van der Waals surface area contributed by atoms with Crippen LogP contribution in [0.2, 0.25) is 0 Å². The highest BCUT2D eigenvalue weighted by Gasteiger charge is 2.15. The predicted molar refractivity (Wildman–Crippen MR) is 69.4 cm³/mol.